The molecule has 116 valence electrons. The zero-order valence-electron chi connectivity index (χ0n) is 12.7. The molecular weight excluding hydrogens is 254 g/mol. The van der Waals surface area contributed by atoms with Gasteiger partial charge in [0.25, 0.3) is 0 Å². The summed E-state index contributed by atoms with van der Waals surface area (Å²) >= 11 is 0. The lowest BCUT2D eigenvalue weighted by Crippen LogP contribution is -2.52. The summed E-state index contributed by atoms with van der Waals surface area (Å²) < 4.78 is 5.41. The molecule has 4 heteroatoms. The summed E-state index contributed by atoms with van der Waals surface area (Å²) in [5, 5.41) is 10.3. The minimum absolute atomic E-state index is 0.112. The lowest BCUT2D eigenvalue weighted by molar-refractivity contribution is -0.143. The van der Waals surface area contributed by atoms with E-state index in [2.05, 4.69) is 0 Å². The number of aliphatic hydroxyl groups excluding tert-OH is 1. The van der Waals surface area contributed by atoms with Crippen LogP contribution in [-0.4, -0.2) is 47.8 Å². The van der Waals surface area contributed by atoms with E-state index in [9.17, 15) is 9.90 Å². The highest BCUT2D eigenvalue weighted by Crippen LogP contribution is 2.34. The van der Waals surface area contributed by atoms with Crippen molar-refractivity contribution in [2.75, 3.05) is 19.8 Å². The smallest absolute Gasteiger partial charge is 0.248 e. The second kappa shape index (κ2) is 7.99. The van der Waals surface area contributed by atoms with E-state index in [-0.39, 0.29) is 30.6 Å². The van der Waals surface area contributed by atoms with Crippen molar-refractivity contribution in [3.63, 3.8) is 0 Å². The Bertz CT molecular complexity index is 308. The van der Waals surface area contributed by atoms with Gasteiger partial charge in [0, 0.05) is 25.1 Å². The number of nitrogens with zero attached hydrogens (tertiary/aromatic N) is 1. The maximum absolute atomic E-state index is 12.4. The van der Waals surface area contributed by atoms with Gasteiger partial charge in [-0.05, 0) is 38.5 Å². The van der Waals surface area contributed by atoms with E-state index in [4.69, 9.17) is 4.74 Å². The maximum Gasteiger partial charge on any atom is 0.248 e. The second-order valence-electron chi connectivity index (χ2n) is 6.22. The number of likely N-dealkylation sites (tertiary alicyclic amines) is 1. The van der Waals surface area contributed by atoms with Gasteiger partial charge >= 0.3 is 0 Å². The van der Waals surface area contributed by atoms with Crippen molar-refractivity contribution in [3.05, 3.63) is 0 Å². The molecule has 1 N–H and O–H groups in total. The molecule has 0 aromatic heterocycles. The van der Waals surface area contributed by atoms with E-state index in [0.717, 1.165) is 45.1 Å². The standard InChI is InChI=1S/C16H29NO3/c1-2-11-20-12-16(19)17-10-6-5-8-14(17)13-7-3-4-9-15(13)18/h13-15,18H,2-12H2,1H3. The summed E-state index contributed by atoms with van der Waals surface area (Å²) in [6.07, 6.45) is 8.29. The number of rotatable bonds is 5. The van der Waals surface area contributed by atoms with Crippen LogP contribution >= 0.6 is 0 Å². The first kappa shape index (κ1) is 15.8. The minimum atomic E-state index is -0.223. The predicted octanol–water partition coefficient (Wildman–Crippen LogP) is 2.35. The molecule has 1 aliphatic carbocycles. The fourth-order valence-electron chi connectivity index (χ4n) is 3.69. The molecule has 2 fully saturated rings. The van der Waals surface area contributed by atoms with E-state index < -0.39 is 0 Å². The lowest BCUT2D eigenvalue weighted by atomic mass is 9.78. The van der Waals surface area contributed by atoms with E-state index in [1.54, 1.807) is 0 Å². The third kappa shape index (κ3) is 3.95. The number of amides is 1. The Balaban J connectivity index is 1.95. The van der Waals surface area contributed by atoms with E-state index >= 15 is 0 Å². The highest BCUT2D eigenvalue weighted by Gasteiger charge is 2.37. The van der Waals surface area contributed by atoms with Crippen LogP contribution in [0.2, 0.25) is 0 Å². The van der Waals surface area contributed by atoms with Crippen LogP contribution in [0.15, 0.2) is 0 Å². The van der Waals surface area contributed by atoms with Gasteiger partial charge in [-0.15, -0.1) is 0 Å². The summed E-state index contributed by atoms with van der Waals surface area (Å²) in [6.45, 7) is 3.73. The average molecular weight is 283 g/mol. The molecule has 0 aromatic carbocycles. The van der Waals surface area contributed by atoms with Crippen molar-refractivity contribution in [1.29, 1.82) is 0 Å². The summed E-state index contributed by atoms with van der Waals surface area (Å²) in [7, 11) is 0. The summed E-state index contributed by atoms with van der Waals surface area (Å²) in [5.74, 6) is 0.389. The number of carbonyl (C=O) groups excluding carboxylic acids is 1. The number of hydrogen-bond donors (Lipinski definition) is 1. The van der Waals surface area contributed by atoms with Gasteiger partial charge in [0.2, 0.25) is 5.91 Å². The molecule has 1 saturated carbocycles. The van der Waals surface area contributed by atoms with Gasteiger partial charge in [-0.3, -0.25) is 4.79 Å². The van der Waals surface area contributed by atoms with Crippen LogP contribution in [0.5, 0.6) is 0 Å². The van der Waals surface area contributed by atoms with Gasteiger partial charge in [0.1, 0.15) is 6.61 Å². The van der Waals surface area contributed by atoms with Crippen LogP contribution in [0.3, 0.4) is 0 Å². The topological polar surface area (TPSA) is 49.8 Å². The van der Waals surface area contributed by atoms with Crippen LogP contribution in [0, 0.1) is 5.92 Å². The Kier molecular flexibility index (Phi) is 6.30. The monoisotopic (exact) mass is 283 g/mol. The van der Waals surface area contributed by atoms with Gasteiger partial charge in [-0.2, -0.15) is 0 Å². The maximum atomic E-state index is 12.4. The van der Waals surface area contributed by atoms with Crippen LogP contribution in [0.1, 0.15) is 58.3 Å². The fraction of sp³-hybridized carbons (Fsp3) is 0.938. The molecule has 2 rings (SSSR count). The zero-order chi connectivity index (χ0) is 14.4. The molecule has 1 saturated heterocycles. The first-order valence-corrected chi connectivity index (χ1v) is 8.29. The highest BCUT2D eigenvalue weighted by atomic mass is 16.5. The molecule has 2 aliphatic rings. The SMILES string of the molecule is CCCOCC(=O)N1CCCCC1C1CCCCC1O. The largest absolute Gasteiger partial charge is 0.393 e. The van der Waals surface area contributed by atoms with Gasteiger partial charge in [-0.1, -0.05) is 19.8 Å². The van der Waals surface area contributed by atoms with E-state index in [1.807, 2.05) is 11.8 Å². The van der Waals surface area contributed by atoms with Gasteiger partial charge in [0.15, 0.2) is 0 Å². The Morgan fingerprint density at radius 1 is 1.20 bits per heavy atom. The fourth-order valence-corrected chi connectivity index (χ4v) is 3.69. The third-order valence-corrected chi connectivity index (χ3v) is 4.72. The Labute approximate surface area is 122 Å². The van der Waals surface area contributed by atoms with Crippen LogP contribution in [0.25, 0.3) is 0 Å². The average Bonchev–Trinajstić information content (AvgIpc) is 2.48. The molecule has 1 heterocycles. The lowest BCUT2D eigenvalue weighted by Gasteiger charge is -2.43. The predicted molar refractivity (Wildman–Crippen MR) is 78.4 cm³/mol. The van der Waals surface area contributed by atoms with Gasteiger partial charge in [-0.25, -0.2) is 0 Å². The summed E-state index contributed by atoms with van der Waals surface area (Å²) in [6, 6.07) is 0.233. The van der Waals surface area contributed by atoms with Crippen molar-refractivity contribution >= 4 is 5.91 Å². The molecule has 0 spiro atoms. The third-order valence-electron chi connectivity index (χ3n) is 4.72. The Hall–Kier alpha value is -0.610. The zero-order valence-corrected chi connectivity index (χ0v) is 12.7. The van der Waals surface area contributed by atoms with Gasteiger partial charge < -0.3 is 14.7 Å². The van der Waals surface area contributed by atoms with Crippen molar-refractivity contribution in [3.8, 4) is 0 Å². The molecule has 4 nitrogen and oxygen atoms in total. The van der Waals surface area contributed by atoms with Crippen LogP contribution in [-0.2, 0) is 9.53 Å². The molecule has 0 bridgehead atoms. The summed E-state index contributed by atoms with van der Waals surface area (Å²) in [4.78, 5) is 14.4. The van der Waals surface area contributed by atoms with Crippen molar-refractivity contribution in [2.45, 2.75) is 70.4 Å². The number of ether oxygens (including phenoxy) is 1. The molecule has 20 heavy (non-hydrogen) atoms. The molecule has 0 aromatic rings. The number of carbonyl (C=O) groups is 1. The molecule has 0 radical (unpaired) electrons. The first-order chi connectivity index (χ1) is 9.74. The molecular formula is C16H29NO3. The number of piperidine rings is 1. The van der Waals surface area contributed by atoms with Crippen molar-refractivity contribution in [1.82, 2.24) is 4.90 Å². The molecule has 3 unspecified atom stereocenters. The molecule has 1 aliphatic heterocycles. The van der Waals surface area contributed by atoms with Crippen LogP contribution in [0.4, 0.5) is 0 Å². The highest BCUT2D eigenvalue weighted by molar-refractivity contribution is 5.78. The number of aliphatic hydroxyl groups is 1. The summed E-state index contributed by atoms with van der Waals surface area (Å²) in [5.41, 5.74) is 0. The van der Waals surface area contributed by atoms with E-state index in [0.29, 0.717) is 6.61 Å². The molecule has 1 amide bonds. The Morgan fingerprint density at radius 2 is 1.95 bits per heavy atom. The Morgan fingerprint density at radius 3 is 2.70 bits per heavy atom. The first-order valence-electron chi connectivity index (χ1n) is 8.29. The van der Waals surface area contributed by atoms with E-state index in [1.165, 1.54) is 12.8 Å². The van der Waals surface area contributed by atoms with Crippen molar-refractivity contribution in [2.24, 2.45) is 5.92 Å². The van der Waals surface area contributed by atoms with Gasteiger partial charge in [0.05, 0.1) is 6.10 Å². The quantitative estimate of drug-likeness (QED) is 0.788. The molecule has 3 atom stereocenters. The second-order valence-corrected chi connectivity index (χ2v) is 6.22. The minimum Gasteiger partial charge on any atom is -0.393 e. The normalized spacial score (nSPS) is 31.3. The number of hydrogen-bond acceptors (Lipinski definition) is 3. The van der Waals surface area contributed by atoms with Crippen LogP contribution < -0.4 is 0 Å². The van der Waals surface area contributed by atoms with Crippen molar-refractivity contribution < 1.29 is 14.6 Å².